The summed E-state index contributed by atoms with van der Waals surface area (Å²) >= 11 is 0. The fourth-order valence-electron chi connectivity index (χ4n) is 1.48. The highest BCUT2D eigenvalue weighted by Gasteiger charge is 2.29. The molecule has 1 aliphatic carbocycles. The third kappa shape index (κ3) is 2.83. The van der Waals surface area contributed by atoms with Gasteiger partial charge in [-0.1, -0.05) is 0 Å². The molecule has 0 unspecified atom stereocenters. The summed E-state index contributed by atoms with van der Waals surface area (Å²) < 4.78 is 0. The minimum atomic E-state index is -0.0961. The zero-order valence-corrected chi connectivity index (χ0v) is 9.95. The zero-order chi connectivity index (χ0) is 13.1. The van der Waals surface area contributed by atoms with E-state index >= 15 is 0 Å². The largest absolute Gasteiger partial charge is 0.344 e. The van der Waals surface area contributed by atoms with Gasteiger partial charge in [-0.15, -0.1) is 0 Å². The number of H-pyrrole nitrogens is 1. The summed E-state index contributed by atoms with van der Waals surface area (Å²) in [6, 6.07) is 1.92. The molecule has 1 aliphatic rings. The summed E-state index contributed by atoms with van der Waals surface area (Å²) in [5, 5.41) is 18.8. The van der Waals surface area contributed by atoms with Crippen LogP contribution in [-0.4, -0.2) is 21.7 Å². The van der Waals surface area contributed by atoms with Crippen LogP contribution >= 0.6 is 0 Å². The second-order valence-electron chi connectivity index (χ2n) is 4.25. The van der Waals surface area contributed by atoms with Crippen molar-refractivity contribution in [1.29, 1.82) is 10.7 Å². The summed E-state index contributed by atoms with van der Waals surface area (Å²) in [5.74, 6) is 0.547. The molecule has 18 heavy (non-hydrogen) atoms. The molecule has 1 heterocycles. The molecule has 0 aromatic carbocycles. The van der Waals surface area contributed by atoms with Crippen LogP contribution in [0.5, 0.6) is 0 Å². The Kier molecular flexibility index (Phi) is 3.24. The van der Waals surface area contributed by atoms with Crippen LogP contribution in [0, 0.1) is 22.7 Å². The van der Waals surface area contributed by atoms with Gasteiger partial charge < -0.3 is 10.3 Å². The molecule has 0 saturated heterocycles. The average molecular weight is 243 g/mol. The SMILES string of the molecule is C/C(=C/C(=N)NC(=O)C1CC1)c1nc(C#N)c[nH]1. The average Bonchev–Trinajstić information content (AvgIpc) is 3.06. The van der Waals surface area contributed by atoms with Crippen molar-refractivity contribution in [2.45, 2.75) is 19.8 Å². The molecule has 3 N–H and O–H groups in total. The van der Waals surface area contributed by atoms with Crippen LogP contribution < -0.4 is 5.32 Å². The lowest BCUT2D eigenvalue weighted by Crippen LogP contribution is -2.29. The Morgan fingerprint density at radius 3 is 3.00 bits per heavy atom. The number of carbonyl (C=O) groups excluding carboxylic acids is 1. The number of allylic oxidation sites excluding steroid dienone is 1. The number of amides is 1. The first-order chi connectivity index (χ1) is 8.60. The third-order valence-electron chi connectivity index (χ3n) is 2.63. The van der Waals surface area contributed by atoms with Gasteiger partial charge in [0.2, 0.25) is 5.91 Å². The molecule has 6 nitrogen and oxygen atoms in total. The number of carbonyl (C=O) groups is 1. The molecule has 1 amide bonds. The monoisotopic (exact) mass is 243 g/mol. The van der Waals surface area contributed by atoms with Gasteiger partial charge >= 0.3 is 0 Å². The predicted octanol–water partition coefficient (Wildman–Crippen LogP) is 1.19. The molecule has 92 valence electrons. The van der Waals surface area contributed by atoms with Gasteiger partial charge in [0, 0.05) is 12.1 Å². The zero-order valence-electron chi connectivity index (χ0n) is 9.95. The third-order valence-corrected chi connectivity index (χ3v) is 2.63. The molecule has 2 rings (SSSR count). The lowest BCUT2D eigenvalue weighted by Gasteiger charge is -2.02. The van der Waals surface area contributed by atoms with E-state index in [1.165, 1.54) is 12.3 Å². The molecule has 0 bridgehead atoms. The van der Waals surface area contributed by atoms with E-state index in [1.54, 1.807) is 6.92 Å². The minimum absolute atomic E-state index is 0.0410. The van der Waals surface area contributed by atoms with Gasteiger partial charge in [-0.2, -0.15) is 5.26 Å². The maximum atomic E-state index is 11.4. The topological polar surface area (TPSA) is 105 Å². The van der Waals surface area contributed by atoms with E-state index in [4.69, 9.17) is 10.7 Å². The van der Waals surface area contributed by atoms with Gasteiger partial charge in [-0.3, -0.25) is 10.2 Å². The van der Waals surface area contributed by atoms with Crippen molar-refractivity contribution in [2.24, 2.45) is 5.92 Å². The fourth-order valence-corrected chi connectivity index (χ4v) is 1.48. The van der Waals surface area contributed by atoms with E-state index in [9.17, 15) is 4.79 Å². The molecule has 6 heteroatoms. The van der Waals surface area contributed by atoms with Crippen molar-refractivity contribution < 1.29 is 4.79 Å². The number of nitriles is 1. The summed E-state index contributed by atoms with van der Waals surface area (Å²) in [4.78, 5) is 18.3. The Morgan fingerprint density at radius 1 is 1.72 bits per heavy atom. The van der Waals surface area contributed by atoms with Gasteiger partial charge in [-0.25, -0.2) is 4.98 Å². The number of aromatic nitrogens is 2. The standard InChI is InChI=1S/C12H13N5O/c1-7(11-15-6-9(5-13)16-11)4-10(14)17-12(18)8-2-3-8/h4,6,8H,2-3H2,1H3,(H,15,16)(H2,14,17,18)/b7-4-. The van der Waals surface area contributed by atoms with E-state index in [2.05, 4.69) is 15.3 Å². The highest BCUT2D eigenvalue weighted by Crippen LogP contribution is 2.28. The molecule has 0 spiro atoms. The number of amidine groups is 1. The van der Waals surface area contributed by atoms with Gasteiger partial charge in [0.05, 0.1) is 0 Å². The first-order valence-corrected chi connectivity index (χ1v) is 5.63. The Morgan fingerprint density at radius 2 is 2.44 bits per heavy atom. The van der Waals surface area contributed by atoms with E-state index in [-0.39, 0.29) is 17.7 Å². The minimum Gasteiger partial charge on any atom is -0.344 e. The maximum absolute atomic E-state index is 11.4. The van der Waals surface area contributed by atoms with Crippen molar-refractivity contribution >= 4 is 17.3 Å². The molecule has 1 fully saturated rings. The number of rotatable bonds is 3. The van der Waals surface area contributed by atoms with E-state index in [0.29, 0.717) is 17.1 Å². The molecule has 0 atom stereocenters. The van der Waals surface area contributed by atoms with Crippen LogP contribution in [0.15, 0.2) is 12.3 Å². The van der Waals surface area contributed by atoms with E-state index < -0.39 is 0 Å². The Labute approximate surface area is 104 Å². The van der Waals surface area contributed by atoms with Crippen LogP contribution in [-0.2, 0) is 4.79 Å². The quantitative estimate of drug-likeness (QED) is 0.548. The second-order valence-corrected chi connectivity index (χ2v) is 4.25. The summed E-state index contributed by atoms with van der Waals surface area (Å²) in [5.41, 5.74) is 0.990. The predicted molar refractivity (Wildman–Crippen MR) is 65.5 cm³/mol. The second kappa shape index (κ2) is 4.84. The number of hydrogen-bond donors (Lipinski definition) is 3. The summed E-state index contributed by atoms with van der Waals surface area (Å²) in [6.07, 6.45) is 4.83. The molecular weight excluding hydrogens is 230 g/mol. The molecule has 1 saturated carbocycles. The molecule has 1 aromatic rings. The fraction of sp³-hybridized carbons (Fsp3) is 0.333. The molecular formula is C12H13N5O. The van der Waals surface area contributed by atoms with E-state index in [0.717, 1.165) is 12.8 Å². The van der Waals surface area contributed by atoms with Crippen LogP contribution in [0.1, 0.15) is 31.3 Å². The van der Waals surface area contributed by atoms with E-state index in [1.807, 2.05) is 6.07 Å². The Balaban J connectivity index is 2.00. The number of aromatic amines is 1. The first-order valence-electron chi connectivity index (χ1n) is 5.63. The normalized spacial score (nSPS) is 15.0. The van der Waals surface area contributed by atoms with Crippen molar-refractivity contribution in [3.8, 4) is 6.07 Å². The number of nitrogens with one attached hydrogen (secondary N) is 3. The lowest BCUT2D eigenvalue weighted by atomic mass is 10.2. The van der Waals surface area contributed by atoms with Crippen molar-refractivity contribution in [2.75, 3.05) is 0 Å². The lowest BCUT2D eigenvalue weighted by molar-refractivity contribution is -0.120. The van der Waals surface area contributed by atoms with Crippen molar-refractivity contribution in [3.63, 3.8) is 0 Å². The molecule has 1 aromatic heterocycles. The number of imidazole rings is 1. The number of hydrogen-bond acceptors (Lipinski definition) is 4. The molecule has 0 aliphatic heterocycles. The van der Waals surface area contributed by atoms with Gasteiger partial charge in [0.15, 0.2) is 5.69 Å². The van der Waals surface area contributed by atoms with Gasteiger partial charge in [-0.05, 0) is 31.4 Å². The van der Waals surface area contributed by atoms with Crippen LogP contribution in [0.2, 0.25) is 0 Å². The Bertz CT molecular complexity index is 559. The smallest absolute Gasteiger partial charge is 0.228 e. The maximum Gasteiger partial charge on any atom is 0.228 e. The van der Waals surface area contributed by atoms with Crippen LogP contribution in [0.3, 0.4) is 0 Å². The van der Waals surface area contributed by atoms with Crippen LogP contribution in [0.25, 0.3) is 5.57 Å². The summed E-state index contributed by atoms with van der Waals surface area (Å²) in [6.45, 7) is 1.76. The molecule has 0 radical (unpaired) electrons. The highest BCUT2D eigenvalue weighted by molar-refractivity contribution is 6.06. The van der Waals surface area contributed by atoms with Gasteiger partial charge in [0.1, 0.15) is 17.7 Å². The van der Waals surface area contributed by atoms with Crippen LogP contribution in [0.4, 0.5) is 0 Å². The highest BCUT2D eigenvalue weighted by atomic mass is 16.2. The Hall–Kier alpha value is -2.42. The van der Waals surface area contributed by atoms with Gasteiger partial charge in [0.25, 0.3) is 0 Å². The summed E-state index contributed by atoms with van der Waals surface area (Å²) in [7, 11) is 0. The number of nitrogens with zero attached hydrogens (tertiary/aromatic N) is 2. The first kappa shape index (κ1) is 12.0. The van der Waals surface area contributed by atoms with Crippen molar-refractivity contribution in [3.05, 3.63) is 23.8 Å². The van der Waals surface area contributed by atoms with Crippen molar-refractivity contribution in [1.82, 2.24) is 15.3 Å².